The highest BCUT2D eigenvalue weighted by atomic mass is 16.6. The molecule has 49 heavy (non-hydrogen) atoms. The monoisotopic (exact) mass is 680 g/mol. The van der Waals surface area contributed by atoms with Gasteiger partial charge in [0.1, 0.15) is 18.3 Å². The molecule has 268 valence electrons. The maximum Gasteiger partial charge on any atom is 0.303 e. The average Bonchev–Trinajstić information content (AvgIpc) is 3.24. The van der Waals surface area contributed by atoms with Gasteiger partial charge in [0.05, 0.1) is 25.4 Å². The van der Waals surface area contributed by atoms with Gasteiger partial charge in [0.25, 0.3) is 0 Å². The third kappa shape index (κ3) is 6.58. The summed E-state index contributed by atoms with van der Waals surface area (Å²) in [5.74, 6) is -3.28. The maximum absolute atomic E-state index is 13.1. The van der Waals surface area contributed by atoms with Crippen LogP contribution in [0, 0.1) is 34.0 Å². The van der Waals surface area contributed by atoms with Crippen molar-refractivity contribution in [2.45, 2.75) is 104 Å². The first kappa shape index (κ1) is 36.8. The van der Waals surface area contributed by atoms with Crippen LogP contribution >= 0.6 is 0 Å². The van der Waals surface area contributed by atoms with Gasteiger partial charge in [0.2, 0.25) is 0 Å². The molecule has 1 aromatic rings. The standard InChI is InChI=1S/C39H52O10/c1-24-22-32(47-26(3)41)37(7)31(39(24,44)18-15-29-12-9-8-10-13-29)16-17-36(6)30-14-11-20-45-23-38(30,19-21-46-25(2)40)35(49-28(5)43)33(34(36)37)48-27(4)42/h8-14,22,30-35,44H,15-21,23H2,1-7H3/t30-,31+,32+,33-,34-,35-,36?,37+,38-,39+/m0/s1. The smallest absolute Gasteiger partial charge is 0.303 e. The number of hydrogen-bond donors (Lipinski definition) is 1. The van der Waals surface area contributed by atoms with E-state index in [0.29, 0.717) is 32.3 Å². The number of ether oxygens (including phenoxy) is 5. The van der Waals surface area contributed by atoms with Crippen LogP contribution in [0.2, 0.25) is 0 Å². The van der Waals surface area contributed by atoms with Crippen LogP contribution in [0.4, 0.5) is 0 Å². The molecule has 0 bridgehead atoms. The van der Waals surface area contributed by atoms with Gasteiger partial charge in [-0.15, -0.1) is 0 Å². The van der Waals surface area contributed by atoms with E-state index in [2.05, 4.69) is 13.0 Å². The Balaban J connectivity index is 1.73. The molecular formula is C39H52O10. The first-order valence-electron chi connectivity index (χ1n) is 17.4. The van der Waals surface area contributed by atoms with Gasteiger partial charge in [0, 0.05) is 50.4 Å². The van der Waals surface area contributed by atoms with Gasteiger partial charge in [-0.3, -0.25) is 19.2 Å². The highest BCUT2D eigenvalue weighted by Crippen LogP contribution is 2.71. The van der Waals surface area contributed by atoms with Crippen molar-refractivity contribution in [1.29, 1.82) is 0 Å². The van der Waals surface area contributed by atoms with E-state index in [9.17, 15) is 24.3 Å². The Labute approximate surface area is 289 Å². The summed E-state index contributed by atoms with van der Waals surface area (Å²) in [6, 6.07) is 10.0. The lowest BCUT2D eigenvalue weighted by Gasteiger charge is -2.70. The Morgan fingerprint density at radius 2 is 1.59 bits per heavy atom. The van der Waals surface area contributed by atoms with Gasteiger partial charge in [-0.25, -0.2) is 0 Å². The molecule has 10 nitrogen and oxygen atoms in total. The van der Waals surface area contributed by atoms with Crippen molar-refractivity contribution in [2.75, 3.05) is 19.8 Å². The quantitative estimate of drug-likeness (QED) is 0.208. The minimum absolute atomic E-state index is 0.0471. The summed E-state index contributed by atoms with van der Waals surface area (Å²) in [5.41, 5.74) is -2.00. The average molecular weight is 681 g/mol. The lowest BCUT2D eigenvalue weighted by atomic mass is 9.36. The van der Waals surface area contributed by atoms with Crippen molar-refractivity contribution in [3.63, 3.8) is 0 Å². The Bertz CT molecular complexity index is 1490. The fraction of sp³-hybridized carbons (Fsp3) is 0.641. The van der Waals surface area contributed by atoms with Crippen molar-refractivity contribution in [3.8, 4) is 0 Å². The molecular weight excluding hydrogens is 628 g/mol. The summed E-state index contributed by atoms with van der Waals surface area (Å²) >= 11 is 0. The number of carbonyl (C=O) groups is 4. The van der Waals surface area contributed by atoms with Gasteiger partial charge in [-0.2, -0.15) is 0 Å². The second-order valence-electron chi connectivity index (χ2n) is 15.1. The number of fused-ring (bicyclic) bond motifs is 5. The van der Waals surface area contributed by atoms with Gasteiger partial charge in [-0.1, -0.05) is 56.3 Å². The van der Waals surface area contributed by atoms with E-state index < -0.39 is 75.9 Å². The number of carbonyl (C=O) groups excluding carboxylic acids is 4. The third-order valence-corrected chi connectivity index (χ3v) is 12.2. The summed E-state index contributed by atoms with van der Waals surface area (Å²) < 4.78 is 30.4. The molecule has 0 saturated heterocycles. The molecule has 4 aliphatic rings. The normalized spacial score (nSPS) is 38.0. The van der Waals surface area contributed by atoms with E-state index in [1.165, 1.54) is 27.7 Å². The second kappa shape index (κ2) is 14.0. The molecule has 0 radical (unpaired) electrons. The fourth-order valence-electron chi connectivity index (χ4n) is 10.4. The van der Waals surface area contributed by atoms with Crippen molar-refractivity contribution >= 4 is 23.9 Å². The molecule has 1 aliphatic heterocycles. The van der Waals surface area contributed by atoms with Crippen LogP contribution in [-0.2, 0) is 49.3 Å². The second-order valence-corrected chi connectivity index (χ2v) is 15.1. The summed E-state index contributed by atoms with van der Waals surface area (Å²) in [5, 5.41) is 12.9. The molecule has 2 saturated carbocycles. The van der Waals surface area contributed by atoms with Crippen LogP contribution in [0.5, 0.6) is 0 Å². The van der Waals surface area contributed by atoms with E-state index >= 15 is 0 Å². The van der Waals surface area contributed by atoms with Crippen LogP contribution < -0.4 is 0 Å². The molecule has 0 amide bonds. The molecule has 1 heterocycles. The largest absolute Gasteiger partial charge is 0.466 e. The summed E-state index contributed by atoms with van der Waals surface area (Å²) in [6.07, 6.45) is 5.73. The molecule has 5 rings (SSSR count). The molecule has 0 aromatic heterocycles. The highest BCUT2D eigenvalue weighted by molar-refractivity contribution is 5.68. The lowest BCUT2D eigenvalue weighted by Crippen LogP contribution is -2.75. The van der Waals surface area contributed by atoms with Crippen LogP contribution in [0.25, 0.3) is 0 Å². The Morgan fingerprint density at radius 3 is 2.22 bits per heavy atom. The van der Waals surface area contributed by atoms with Gasteiger partial charge < -0.3 is 28.8 Å². The van der Waals surface area contributed by atoms with E-state index in [4.69, 9.17) is 23.7 Å². The molecule has 1 aromatic carbocycles. The molecule has 1 N–H and O–H groups in total. The van der Waals surface area contributed by atoms with E-state index in [-0.39, 0.29) is 25.6 Å². The van der Waals surface area contributed by atoms with Gasteiger partial charge >= 0.3 is 23.9 Å². The predicted molar refractivity (Wildman–Crippen MR) is 180 cm³/mol. The zero-order chi connectivity index (χ0) is 35.8. The highest BCUT2D eigenvalue weighted by Gasteiger charge is 2.75. The van der Waals surface area contributed by atoms with Crippen molar-refractivity contribution in [3.05, 3.63) is 59.7 Å². The third-order valence-electron chi connectivity index (χ3n) is 12.2. The van der Waals surface area contributed by atoms with Crippen LogP contribution in [0.3, 0.4) is 0 Å². The van der Waals surface area contributed by atoms with E-state index in [1.807, 2.05) is 56.3 Å². The molecule has 3 aliphatic carbocycles. The van der Waals surface area contributed by atoms with Gasteiger partial charge in [-0.05, 0) is 67.6 Å². The van der Waals surface area contributed by atoms with Crippen LogP contribution in [0.15, 0.2) is 54.1 Å². The number of esters is 4. The van der Waals surface area contributed by atoms with Crippen molar-refractivity contribution < 1.29 is 48.0 Å². The number of aryl methyl sites for hydroxylation is 1. The number of allylic oxidation sites excluding steroid dienone is 1. The van der Waals surface area contributed by atoms with Gasteiger partial charge in [0.15, 0.2) is 0 Å². The SMILES string of the molecule is CC(=O)OCC[C@]12COCC=C[C@H]1C1(C)CC[C@@H]3[C@](C)([C@H](OC(C)=O)C=C(C)[C@]3(O)CCc3ccccc3)[C@H]1[C@H](OC(C)=O)[C@@H]2OC(C)=O. The number of hydrogen-bond acceptors (Lipinski definition) is 10. The molecule has 1 unspecified atom stereocenters. The van der Waals surface area contributed by atoms with Crippen LogP contribution in [0.1, 0.15) is 79.7 Å². The zero-order valence-corrected chi connectivity index (χ0v) is 29.9. The Kier molecular flexibility index (Phi) is 10.5. The molecule has 2 fully saturated rings. The van der Waals surface area contributed by atoms with E-state index in [1.54, 1.807) is 0 Å². The first-order chi connectivity index (χ1) is 23.1. The first-order valence-corrected chi connectivity index (χ1v) is 17.4. The maximum atomic E-state index is 13.1. The summed E-state index contributed by atoms with van der Waals surface area (Å²) in [4.78, 5) is 50.8. The fourth-order valence-corrected chi connectivity index (χ4v) is 10.4. The zero-order valence-electron chi connectivity index (χ0n) is 29.9. The topological polar surface area (TPSA) is 135 Å². The minimum Gasteiger partial charge on any atom is -0.466 e. The number of rotatable bonds is 9. The Hall–Kier alpha value is -3.50. The Morgan fingerprint density at radius 1 is 0.918 bits per heavy atom. The summed E-state index contributed by atoms with van der Waals surface area (Å²) in [6.45, 7) is 12.0. The predicted octanol–water partition coefficient (Wildman–Crippen LogP) is 5.30. The molecule has 10 atom stereocenters. The summed E-state index contributed by atoms with van der Waals surface area (Å²) in [7, 11) is 0. The lowest BCUT2D eigenvalue weighted by molar-refractivity contribution is -0.293. The van der Waals surface area contributed by atoms with Crippen molar-refractivity contribution in [1.82, 2.24) is 0 Å². The van der Waals surface area contributed by atoms with E-state index in [0.717, 1.165) is 11.1 Å². The number of aliphatic hydroxyl groups is 1. The van der Waals surface area contributed by atoms with Crippen molar-refractivity contribution in [2.24, 2.45) is 34.0 Å². The minimum atomic E-state index is -1.27. The number of benzene rings is 1. The molecule has 0 spiro atoms. The molecule has 10 heteroatoms. The van der Waals surface area contributed by atoms with Crippen LogP contribution in [-0.4, -0.2) is 72.7 Å².